The normalized spacial score (nSPS) is 17.1. The second-order valence-electron chi connectivity index (χ2n) is 2.63. The fourth-order valence-corrected chi connectivity index (χ4v) is 1.26. The summed E-state index contributed by atoms with van der Waals surface area (Å²) in [6, 6.07) is 8.20. The van der Waals surface area contributed by atoms with Gasteiger partial charge < -0.3 is 17.4 Å². The van der Waals surface area contributed by atoms with Crippen molar-refractivity contribution in [2.75, 3.05) is 0 Å². The molecule has 0 bridgehead atoms. The van der Waals surface area contributed by atoms with E-state index in [9.17, 15) is 0 Å². The fourth-order valence-electron chi connectivity index (χ4n) is 1.26. The molecule has 1 aliphatic heterocycles. The van der Waals surface area contributed by atoms with Gasteiger partial charge in [-0.2, -0.15) is 0 Å². The van der Waals surface area contributed by atoms with Gasteiger partial charge in [0, 0.05) is 0 Å². The number of amides is 1. The predicted octanol–water partition coefficient (Wildman–Crippen LogP) is -1.80. The molecule has 0 spiro atoms. The van der Waals surface area contributed by atoms with Crippen molar-refractivity contribution in [1.29, 1.82) is 0 Å². The Bertz CT molecular complexity index is 291. The molecule has 1 heterocycles. The number of primary amides is 1. The molecule has 0 saturated carbocycles. The van der Waals surface area contributed by atoms with Gasteiger partial charge in [0.2, 0.25) is 6.41 Å². The molecule has 0 saturated heterocycles. The summed E-state index contributed by atoms with van der Waals surface area (Å²) in [5.74, 6) is 0. The second-order valence-corrected chi connectivity index (χ2v) is 2.63. The monoisotopic (exact) mass is 217 g/mol. The maximum atomic E-state index is 8.58. The first-order valence-electron chi connectivity index (χ1n) is 3.97. The molecule has 14 heavy (non-hydrogen) atoms. The summed E-state index contributed by atoms with van der Waals surface area (Å²) in [5, 5.41) is 0. The molecule has 70 valence electrons. The summed E-state index contributed by atoms with van der Waals surface area (Å²) in [7, 11) is 0. The van der Waals surface area contributed by atoms with Crippen LogP contribution >= 0.6 is 0 Å². The van der Waals surface area contributed by atoms with Crippen molar-refractivity contribution in [2.24, 2.45) is 5.73 Å². The first-order chi connectivity index (χ1) is 6.29. The van der Waals surface area contributed by atoms with Crippen molar-refractivity contribution in [3.8, 4) is 0 Å². The molecule has 1 amide bonds. The Morgan fingerprint density at radius 2 is 2.07 bits per heavy atom. The van der Waals surface area contributed by atoms with Gasteiger partial charge in [-0.1, -0.05) is 24.3 Å². The van der Waals surface area contributed by atoms with Crippen LogP contribution in [-0.4, -0.2) is 6.41 Å². The third-order valence-electron chi connectivity index (χ3n) is 1.84. The molecule has 2 N–H and O–H groups in total. The van der Waals surface area contributed by atoms with Gasteiger partial charge in [-0.05, 0) is 17.2 Å². The summed E-state index contributed by atoms with van der Waals surface area (Å²) in [6.07, 6.45) is 0.302. The molecule has 1 atom stereocenters. The van der Waals surface area contributed by atoms with E-state index in [1.165, 1.54) is 11.1 Å². The molecule has 1 unspecified atom stereocenters. The maximum absolute atomic E-state index is 8.58. The van der Waals surface area contributed by atoms with Crippen LogP contribution in [-0.2, 0) is 16.1 Å². The number of hydrogen-bond donors (Lipinski definition) is 1. The molecule has 0 aromatic heterocycles. The minimum Gasteiger partial charge on any atom is -0.401 e. The Morgan fingerprint density at radius 1 is 1.50 bits per heavy atom. The van der Waals surface area contributed by atoms with Crippen LogP contribution in [0.5, 0.6) is 0 Å². The van der Waals surface area contributed by atoms with Crippen molar-refractivity contribution >= 4 is 6.41 Å². The van der Waals surface area contributed by atoms with Gasteiger partial charge in [-0.3, -0.25) is 4.79 Å². The molecule has 0 radical (unpaired) electrons. The number of ether oxygens (including phenoxy) is 1. The van der Waals surface area contributed by atoms with Crippen molar-refractivity contribution in [3.05, 3.63) is 42.3 Å². The van der Waals surface area contributed by atoms with Gasteiger partial charge in [0.15, 0.2) is 0 Å². The number of fused-ring (bicyclic) bond motifs is 1. The summed E-state index contributed by atoms with van der Waals surface area (Å²) in [6.45, 7) is 4.58. The molecule has 1 aromatic carbocycles. The number of benzene rings is 1. The number of carbonyl (C=O) groups excluding carboxylic acids is 1. The standard InChI is InChI=1S/C9H9O.CH3NO.K/c1-7-9-5-3-2-4-8(9)6-10-7;2-1-3;/h2-5,7H,1,6H2;1H,(H2,2,3);/q-1;;+1. The third-order valence-corrected chi connectivity index (χ3v) is 1.84. The minimum absolute atomic E-state index is 0. The molecule has 3 nitrogen and oxygen atoms in total. The van der Waals surface area contributed by atoms with E-state index < -0.39 is 0 Å². The Balaban J connectivity index is 0.000000381. The van der Waals surface area contributed by atoms with Gasteiger partial charge in [-0.25, -0.2) is 0 Å². The fraction of sp³-hybridized carbons (Fsp3) is 0.200. The topological polar surface area (TPSA) is 52.3 Å². The zero-order chi connectivity index (χ0) is 9.68. The summed E-state index contributed by atoms with van der Waals surface area (Å²) in [5.41, 5.74) is 6.69. The van der Waals surface area contributed by atoms with Gasteiger partial charge in [0.25, 0.3) is 0 Å². The van der Waals surface area contributed by atoms with E-state index in [1.807, 2.05) is 12.1 Å². The molecule has 0 aliphatic carbocycles. The number of carbonyl (C=O) groups is 1. The van der Waals surface area contributed by atoms with E-state index in [0.29, 0.717) is 0 Å². The van der Waals surface area contributed by atoms with Crippen LogP contribution in [0.3, 0.4) is 0 Å². The number of hydrogen-bond acceptors (Lipinski definition) is 2. The average molecular weight is 217 g/mol. The van der Waals surface area contributed by atoms with Crippen molar-refractivity contribution in [3.63, 3.8) is 0 Å². The third kappa shape index (κ3) is 3.80. The van der Waals surface area contributed by atoms with Gasteiger partial charge in [0.1, 0.15) is 0 Å². The second kappa shape index (κ2) is 7.56. The summed E-state index contributed by atoms with van der Waals surface area (Å²) < 4.78 is 5.31. The van der Waals surface area contributed by atoms with Crippen molar-refractivity contribution in [1.82, 2.24) is 0 Å². The van der Waals surface area contributed by atoms with E-state index >= 15 is 0 Å². The zero-order valence-corrected chi connectivity index (χ0v) is 11.4. The summed E-state index contributed by atoms with van der Waals surface area (Å²) in [4.78, 5) is 8.58. The number of nitrogens with two attached hydrogens (primary N) is 1. The van der Waals surface area contributed by atoms with Crippen LogP contribution in [0.4, 0.5) is 0 Å². The van der Waals surface area contributed by atoms with Crippen molar-refractivity contribution in [2.45, 2.75) is 12.7 Å². The van der Waals surface area contributed by atoms with E-state index in [4.69, 9.17) is 9.53 Å². The molecular weight excluding hydrogens is 205 g/mol. The Morgan fingerprint density at radius 3 is 2.64 bits per heavy atom. The van der Waals surface area contributed by atoms with Gasteiger partial charge >= 0.3 is 51.4 Å². The molecular formula is C10H12KNO2. The maximum Gasteiger partial charge on any atom is 1.00 e. The molecule has 0 fully saturated rings. The molecule has 1 aliphatic rings. The van der Waals surface area contributed by atoms with Crippen LogP contribution in [0.25, 0.3) is 0 Å². The smallest absolute Gasteiger partial charge is 0.401 e. The largest absolute Gasteiger partial charge is 1.00 e. The van der Waals surface area contributed by atoms with Gasteiger partial charge in [-0.15, -0.1) is 0 Å². The SMILES string of the molecule is NC=O.[CH2-]C1OCc2ccccc21.[K+]. The Hall–Kier alpha value is 0.286. The average Bonchev–Trinajstić information content (AvgIpc) is 2.50. The van der Waals surface area contributed by atoms with Crippen LogP contribution < -0.4 is 57.1 Å². The van der Waals surface area contributed by atoms with Crippen LogP contribution in [0.15, 0.2) is 24.3 Å². The van der Waals surface area contributed by atoms with Crippen molar-refractivity contribution < 1.29 is 60.9 Å². The molecule has 1 aromatic rings. The quantitative estimate of drug-likeness (QED) is 0.317. The van der Waals surface area contributed by atoms with E-state index in [0.717, 1.165) is 6.61 Å². The van der Waals surface area contributed by atoms with E-state index in [1.54, 1.807) is 0 Å². The number of rotatable bonds is 0. The predicted molar refractivity (Wildman–Crippen MR) is 49.6 cm³/mol. The van der Waals surface area contributed by atoms with Gasteiger partial charge in [0.05, 0.1) is 6.61 Å². The van der Waals surface area contributed by atoms with E-state index in [-0.39, 0.29) is 63.9 Å². The van der Waals surface area contributed by atoms with Crippen LogP contribution in [0.2, 0.25) is 0 Å². The van der Waals surface area contributed by atoms with Crippen LogP contribution in [0, 0.1) is 6.92 Å². The zero-order valence-electron chi connectivity index (χ0n) is 8.27. The van der Waals surface area contributed by atoms with Crippen LogP contribution in [0.1, 0.15) is 17.2 Å². The Kier molecular flexibility index (Phi) is 7.72. The first-order valence-corrected chi connectivity index (χ1v) is 3.97. The summed E-state index contributed by atoms with van der Waals surface area (Å²) >= 11 is 0. The Labute approximate surface area is 126 Å². The first kappa shape index (κ1) is 14.3. The minimum atomic E-state index is 0. The van der Waals surface area contributed by atoms with E-state index in [2.05, 4.69) is 24.8 Å². The molecule has 4 heteroatoms. The molecule has 2 rings (SSSR count).